The van der Waals surface area contributed by atoms with Gasteiger partial charge in [0.05, 0.1) is 11.9 Å². The fourth-order valence-corrected chi connectivity index (χ4v) is 2.37. The van der Waals surface area contributed by atoms with Gasteiger partial charge in [-0.3, -0.25) is 5.10 Å². The molecule has 0 unspecified atom stereocenters. The third-order valence-corrected chi connectivity index (χ3v) is 3.59. The monoisotopic (exact) mass is 333 g/mol. The first-order valence-corrected chi connectivity index (χ1v) is 7.23. The van der Waals surface area contributed by atoms with Crippen molar-refractivity contribution in [2.24, 2.45) is 0 Å². The number of H-pyrrole nitrogens is 1. The predicted molar refractivity (Wildman–Crippen MR) is 93.3 cm³/mol. The van der Waals surface area contributed by atoms with E-state index in [2.05, 4.69) is 27.6 Å². The zero-order valence-corrected chi connectivity index (χ0v) is 13.5. The Hall–Kier alpha value is -1.81. The van der Waals surface area contributed by atoms with E-state index in [4.69, 9.17) is 11.6 Å². The smallest absolute Gasteiger partial charge is 0.0695 e. The summed E-state index contributed by atoms with van der Waals surface area (Å²) in [6, 6.07) is 18.1. The first kappa shape index (κ1) is 16.6. The van der Waals surface area contributed by atoms with Crippen LogP contribution in [0.3, 0.4) is 0 Å². The van der Waals surface area contributed by atoms with Crippen molar-refractivity contribution in [1.29, 1.82) is 0 Å². The van der Waals surface area contributed by atoms with Gasteiger partial charge < -0.3 is 5.32 Å². The van der Waals surface area contributed by atoms with Gasteiger partial charge in [0.2, 0.25) is 0 Å². The summed E-state index contributed by atoms with van der Waals surface area (Å²) in [4.78, 5) is 0. The molecule has 0 aliphatic heterocycles. The molecule has 114 valence electrons. The third kappa shape index (κ3) is 4.10. The number of aromatic nitrogens is 2. The molecule has 5 heteroatoms. The average molecular weight is 334 g/mol. The van der Waals surface area contributed by atoms with Crippen LogP contribution in [0.4, 0.5) is 0 Å². The van der Waals surface area contributed by atoms with Crippen molar-refractivity contribution in [2.45, 2.75) is 13.1 Å². The van der Waals surface area contributed by atoms with Gasteiger partial charge in [-0.1, -0.05) is 54.1 Å². The molecule has 2 aromatic carbocycles. The highest BCUT2D eigenvalue weighted by Gasteiger charge is 2.07. The van der Waals surface area contributed by atoms with E-state index in [9.17, 15) is 0 Å². The Labute approximate surface area is 141 Å². The Morgan fingerprint density at radius 2 is 1.68 bits per heavy atom. The van der Waals surface area contributed by atoms with Crippen molar-refractivity contribution in [1.82, 2.24) is 15.5 Å². The normalized spacial score (nSPS) is 10.2. The molecule has 1 aromatic heterocycles. The summed E-state index contributed by atoms with van der Waals surface area (Å²) in [6.07, 6.45) is 1.86. The molecule has 2 N–H and O–H groups in total. The van der Waals surface area contributed by atoms with E-state index in [0.29, 0.717) is 0 Å². The van der Waals surface area contributed by atoms with Crippen molar-refractivity contribution in [3.05, 3.63) is 76.9 Å². The minimum absolute atomic E-state index is 0. The van der Waals surface area contributed by atoms with Gasteiger partial charge in [-0.2, -0.15) is 5.10 Å². The van der Waals surface area contributed by atoms with Crippen LogP contribution >= 0.6 is 24.0 Å². The van der Waals surface area contributed by atoms with Crippen LogP contribution in [0.25, 0.3) is 11.3 Å². The van der Waals surface area contributed by atoms with E-state index < -0.39 is 0 Å². The molecule has 0 bridgehead atoms. The Morgan fingerprint density at radius 3 is 2.41 bits per heavy atom. The molecule has 3 aromatic rings. The summed E-state index contributed by atoms with van der Waals surface area (Å²) in [7, 11) is 0. The maximum absolute atomic E-state index is 5.93. The van der Waals surface area contributed by atoms with E-state index in [0.717, 1.165) is 34.9 Å². The Bertz CT molecular complexity index is 693. The van der Waals surface area contributed by atoms with Crippen LogP contribution in [0, 0.1) is 0 Å². The van der Waals surface area contributed by atoms with Gasteiger partial charge in [-0.15, -0.1) is 12.4 Å². The number of hydrogen-bond donors (Lipinski definition) is 2. The first-order valence-electron chi connectivity index (χ1n) is 6.86. The van der Waals surface area contributed by atoms with Gasteiger partial charge in [0.25, 0.3) is 0 Å². The lowest BCUT2D eigenvalue weighted by molar-refractivity contribution is 0.694. The number of aromatic amines is 1. The highest BCUT2D eigenvalue weighted by atomic mass is 35.5. The highest BCUT2D eigenvalue weighted by Crippen LogP contribution is 2.22. The van der Waals surface area contributed by atoms with E-state index in [-0.39, 0.29) is 12.4 Å². The van der Waals surface area contributed by atoms with E-state index in [1.165, 1.54) is 5.56 Å². The molecule has 0 atom stereocenters. The predicted octanol–water partition coefficient (Wildman–Crippen LogP) is 4.44. The lowest BCUT2D eigenvalue weighted by atomic mass is 10.1. The molecule has 0 radical (unpaired) electrons. The quantitative estimate of drug-likeness (QED) is 0.724. The van der Waals surface area contributed by atoms with Crippen molar-refractivity contribution in [3.63, 3.8) is 0 Å². The second-order valence-corrected chi connectivity index (χ2v) is 5.30. The average Bonchev–Trinajstić information content (AvgIpc) is 2.98. The van der Waals surface area contributed by atoms with Crippen LogP contribution < -0.4 is 5.32 Å². The molecule has 0 spiro atoms. The summed E-state index contributed by atoms with van der Waals surface area (Å²) in [6.45, 7) is 1.61. The van der Waals surface area contributed by atoms with Gasteiger partial charge in [-0.05, 0) is 23.3 Å². The van der Waals surface area contributed by atoms with Gasteiger partial charge in [-0.25, -0.2) is 0 Å². The van der Waals surface area contributed by atoms with E-state index >= 15 is 0 Å². The molecule has 0 amide bonds. The lowest BCUT2D eigenvalue weighted by Crippen LogP contribution is -2.12. The van der Waals surface area contributed by atoms with Crippen molar-refractivity contribution in [3.8, 4) is 11.3 Å². The summed E-state index contributed by atoms with van der Waals surface area (Å²) in [5.41, 5.74) is 4.54. The second-order valence-electron chi connectivity index (χ2n) is 4.87. The minimum Gasteiger partial charge on any atom is -0.308 e. The van der Waals surface area contributed by atoms with Crippen LogP contribution in [0.1, 0.15) is 11.1 Å². The van der Waals surface area contributed by atoms with Gasteiger partial charge in [0.1, 0.15) is 0 Å². The van der Waals surface area contributed by atoms with Crippen LogP contribution in [0.15, 0.2) is 60.8 Å². The van der Waals surface area contributed by atoms with E-state index in [1.807, 2.05) is 48.7 Å². The fraction of sp³-hybridized carbons (Fsp3) is 0.118. The van der Waals surface area contributed by atoms with E-state index in [1.54, 1.807) is 0 Å². The Kier molecular flexibility index (Phi) is 6.01. The maximum Gasteiger partial charge on any atom is 0.0695 e. The van der Waals surface area contributed by atoms with Gasteiger partial charge in [0.15, 0.2) is 0 Å². The van der Waals surface area contributed by atoms with Crippen LogP contribution in [-0.4, -0.2) is 10.2 Å². The molecule has 3 rings (SSSR count). The molecular formula is C17H17Cl2N3. The van der Waals surface area contributed by atoms with Crippen molar-refractivity contribution < 1.29 is 0 Å². The third-order valence-electron chi connectivity index (χ3n) is 3.34. The molecule has 0 aliphatic rings. The zero-order chi connectivity index (χ0) is 14.5. The Morgan fingerprint density at radius 1 is 0.955 bits per heavy atom. The molecule has 0 saturated heterocycles. The number of rotatable bonds is 5. The highest BCUT2D eigenvalue weighted by molar-refractivity contribution is 6.30. The largest absolute Gasteiger partial charge is 0.308 e. The fourth-order valence-electron chi connectivity index (χ4n) is 2.25. The molecule has 22 heavy (non-hydrogen) atoms. The minimum atomic E-state index is 0. The lowest BCUT2D eigenvalue weighted by Gasteiger charge is -2.06. The van der Waals surface area contributed by atoms with Crippen molar-refractivity contribution in [2.75, 3.05) is 0 Å². The second kappa shape index (κ2) is 7.99. The number of benzene rings is 2. The topological polar surface area (TPSA) is 40.7 Å². The van der Waals surface area contributed by atoms with Crippen molar-refractivity contribution >= 4 is 24.0 Å². The first-order chi connectivity index (χ1) is 10.3. The number of halogens is 2. The SMILES string of the molecule is Cl.Clc1ccc(-c2[nH]ncc2CNCc2ccccc2)cc1. The number of hydrogen-bond acceptors (Lipinski definition) is 2. The molecule has 1 heterocycles. The summed E-state index contributed by atoms with van der Waals surface area (Å²) in [5, 5.41) is 11.4. The van der Waals surface area contributed by atoms with Gasteiger partial charge in [0, 0.05) is 23.7 Å². The molecule has 0 saturated carbocycles. The van der Waals surface area contributed by atoms with Crippen LogP contribution in [0.2, 0.25) is 5.02 Å². The molecule has 3 nitrogen and oxygen atoms in total. The van der Waals surface area contributed by atoms with Crippen LogP contribution in [0.5, 0.6) is 0 Å². The number of nitrogens with one attached hydrogen (secondary N) is 2. The Balaban J connectivity index is 0.00000176. The summed E-state index contributed by atoms with van der Waals surface area (Å²) >= 11 is 5.93. The molecule has 0 fully saturated rings. The molecular weight excluding hydrogens is 317 g/mol. The summed E-state index contributed by atoms with van der Waals surface area (Å²) < 4.78 is 0. The zero-order valence-electron chi connectivity index (χ0n) is 11.9. The standard InChI is InChI=1S/C17H16ClN3.ClH/c18-16-8-6-14(7-9-16)17-15(12-20-21-17)11-19-10-13-4-2-1-3-5-13;/h1-9,12,19H,10-11H2,(H,20,21);1H. The maximum atomic E-state index is 5.93. The van der Waals surface area contributed by atoms with Crippen LogP contribution in [-0.2, 0) is 13.1 Å². The van der Waals surface area contributed by atoms with Gasteiger partial charge >= 0.3 is 0 Å². The number of nitrogens with zero attached hydrogens (tertiary/aromatic N) is 1. The molecule has 0 aliphatic carbocycles. The summed E-state index contributed by atoms with van der Waals surface area (Å²) in [5.74, 6) is 0.